The topological polar surface area (TPSA) is 108 Å². The second-order valence-corrected chi connectivity index (χ2v) is 8.19. The molecule has 0 saturated carbocycles. The SMILES string of the molecule is COc1c(C(C)C)ccc2ncc(N3CCN(C(=O)Nc4ccccc4C(=O)O)CC3)nc12. The summed E-state index contributed by atoms with van der Waals surface area (Å²) in [5, 5.41) is 12.0. The fraction of sp³-hybridized carbons (Fsp3) is 0.333. The molecule has 2 aromatic carbocycles. The quantitative estimate of drug-likeness (QED) is 0.610. The number of aromatic nitrogens is 2. The standard InChI is InChI=1S/C24H27N5O4/c1-15(2)16-8-9-19-21(22(16)33-3)27-20(14-25-19)28-10-12-29(13-11-28)24(32)26-18-7-5-4-6-17(18)23(30)31/h4-9,14-15H,10-13H2,1-3H3,(H,26,32)(H,30,31). The zero-order valence-electron chi connectivity index (χ0n) is 18.9. The van der Waals surface area contributed by atoms with E-state index in [4.69, 9.17) is 9.72 Å². The second-order valence-electron chi connectivity index (χ2n) is 8.19. The van der Waals surface area contributed by atoms with E-state index >= 15 is 0 Å². The van der Waals surface area contributed by atoms with Crippen LogP contribution >= 0.6 is 0 Å². The molecule has 9 heteroatoms. The minimum Gasteiger partial charge on any atom is -0.494 e. The fourth-order valence-corrected chi connectivity index (χ4v) is 3.99. The van der Waals surface area contributed by atoms with Gasteiger partial charge in [-0.3, -0.25) is 4.98 Å². The van der Waals surface area contributed by atoms with Crippen LogP contribution in [0.5, 0.6) is 5.75 Å². The highest BCUT2D eigenvalue weighted by molar-refractivity contribution is 6.00. The molecular weight excluding hydrogens is 422 g/mol. The number of anilines is 2. The van der Waals surface area contributed by atoms with E-state index in [1.165, 1.54) is 6.07 Å². The number of hydrogen-bond donors (Lipinski definition) is 2. The van der Waals surface area contributed by atoms with Crippen LogP contribution in [0.3, 0.4) is 0 Å². The van der Waals surface area contributed by atoms with Crippen LogP contribution < -0.4 is 15.0 Å². The molecule has 2 amide bonds. The Morgan fingerprint density at radius 3 is 2.48 bits per heavy atom. The fourth-order valence-electron chi connectivity index (χ4n) is 3.99. The van der Waals surface area contributed by atoms with Crippen molar-refractivity contribution in [1.82, 2.24) is 14.9 Å². The van der Waals surface area contributed by atoms with Gasteiger partial charge in [0.1, 0.15) is 17.1 Å². The van der Waals surface area contributed by atoms with Gasteiger partial charge in [-0.05, 0) is 29.7 Å². The number of benzene rings is 2. The van der Waals surface area contributed by atoms with Crippen molar-refractivity contribution in [1.29, 1.82) is 0 Å². The minimum atomic E-state index is -1.08. The van der Waals surface area contributed by atoms with Crippen molar-refractivity contribution >= 4 is 34.5 Å². The van der Waals surface area contributed by atoms with Gasteiger partial charge in [-0.15, -0.1) is 0 Å². The number of carbonyl (C=O) groups excluding carboxylic acids is 1. The van der Waals surface area contributed by atoms with Crippen molar-refractivity contribution in [2.45, 2.75) is 19.8 Å². The average Bonchev–Trinajstić information content (AvgIpc) is 2.83. The van der Waals surface area contributed by atoms with Gasteiger partial charge >= 0.3 is 12.0 Å². The predicted octanol–water partition coefficient (Wildman–Crippen LogP) is 3.81. The lowest BCUT2D eigenvalue weighted by atomic mass is 10.0. The third-order valence-electron chi connectivity index (χ3n) is 5.80. The first kappa shape index (κ1) is 22.3. The van der Waals surface area contributed by atoms with E-state index in [2.05, 4.69) is 29.0 Å². The van der Waals surface area contributed by atoms with Crippen molar-refractivity contribution < 1.29 is 19.4 Å². The molecule has 33 heavy (non-hydrogen) atoms. The summed E-state index contributed by atoms with van der Waals surface area (Å²) in [6.45, 7) is 6.34. The molecule has 172 valence electrons. The Bertz CT molecular complexity index is 1190. The molecular formula is C24H27N5O4. The number of nitrogens with zero attached hydrogens (tertiary/aromatic N) is 4. The number of carboxylic acids is 1. The number of fused-ring (bicyclic) bond motifs is 1. The van der Waals surface area contributed by atoms with Crippen LogP contribution in [-0.2, 0) is 0 Å². The maximum Gasteiger partial charge on any atom is 0.337 e. The molecule has 0 bridgehead atoms. The van der Waals surface area contributed by atoms with E-state index in [0.29, 0.717) is 32.1 Å². The number of ether oxygens (including phenoxy) is 1. The highest BCUT2D eigenvalue weighted by Crippen LogP contribution is 2.33. The van der Waals surface area contributed by atoms with Crippen LogP contribution in [0.15, 0.2) is 42.6 Å². The smallest absolute Gasteiger partial charge is 0.337 e. The predicted molar refractivity (Wildman–Crippen MR) is 126 cm³/mol. The van der Waals surface area contributed by atoms with Crippen molar-refractivity contribution in [3.8, 4) is 5.75 Å². The largest absolute Gasteiger partial charge is 0.494 e. The number of nitrogens with one attached hydrogen (secondary N) is 1. The van der Waals surface area contributed by atoms with Gasteiger partial charge in [-0.25, -0.2) is 14.6 Å². The summed E-state index contributed by atoms with van der Waals surface area (Å²) in [5.41, 5.74) is 2.93. The number of rotatable bonds is 5. The maximum atomic E-state index is 12.7. The Kier molecular flexibility index (Phi) is 6.30. The average molecular weight is 450 g/mol. The van der Waals surface area contributed by atoms with Crippen molar-refractivity contribution in [3.05, 3.63) is 53.7 Å². The highest BCUT2D eigenvalue weighted by Gasteiger charge is 2.24. The Morgan fingerprint density at radius 1 is 1.09 bits per heavy atom. The summed E-state index contributed by atoms with van der Waals surface area (Å²) in [6.07, 6.45) is 1.75. The zero-order chi connectivity index (χ0) is 23.5. The number of methoxy groups -OCH3 is 1. The van der Waals surface area contributed by atoms with Crippen molar-refractivity contribution in [2.24, 2.45) is 0 Å². The molecule has 0 radical (unpaired) electrons. The first-order valence-corrected chi connectivity index (χ1v) is 10.9. The molecule has 2 N–H and O–H groups in total. The molecule has 1 aromatic heterocycles. The van der Waals surface area contributed by atoms with Gasteiger partial charge in [0.2, 0.25) is 0 Å². The van der Waals surface area contributed by atoms with Gasteiger partial charge in [0.05, 0.1) is 30.1 Å². The number of hydrogen-bond acceptors (Lipinski definition) is 6. The Balaban J connectivity index is 1.47. The third-order valence-corrected chi connectivity index (χ3v) is 5.80. The van der Waals surface area contributed by atoms with Gasteiger partial charge in [0, 0.05) is 26.2 Å². The summed E-state index contributed by atoms with van der Waals surface area (Å²) in [6, 6.07) is 10.0. The van der Waals surface area contributed by atoms with Gasteiger partial charge < -0.3 is 25.0 Å². The molecule has 0 atom stereocenters. The number of carboxylic acid groups (broad SMARTS) is 1. The van der Waals surface area contributed by atoms with Crippen molar-refractivity contribution in [3.63, 3.8) is 0 Å². The molecule has 9 nitrogen and oxygen atoms in total. The van der Waals surface area contributed by atoms with Gasteiger partial charge in [0.15, 0.2) is 0 Å². The molecule has 1 aliphatic rings. The molecule has 2 heterocycles. The molecule has 4 rings (SSSR count). The van der Waals surface area contributed by atoms with Crippen LogP contribution in [0.2, 0.25) is 0 Å². The van der Waals surface area contributed by atoms with E-state index in [0.717, 1.165) is 28.2 Å². The number of para-hydroxylation sites is 1. The van der Waals surface area contributed by atoms with E-state index in [-0.39, 0.29) is 17.3 Å². The Labute approximate surface area is 192 Å². The lowest BCUT2D eigenvalue weighted by molar-refractivity contribution is 0.0698. The van der Waals surface area contributed by atoms with Crippen LogP contribution in [0, 0.1) is 0 Å². The number of urea groups is 1. The highest BCUT2D eigenvalue weighted by atomic mass is 16.5. The van der Waals surface area contributed by atoms with Gasteiger partial charge in [0.25, 0.3) is 0 Å². The molecule has 0 spiro atoms. The summed E-state index contributed by atoms with van der Waals surface area (Å²) in [4.78, 5) is 37.2. The molecule has 3 aromatic rings. The van der Waals surface area contributed by atoms with E-state index in [9.17, 15) is 14.7 Å². The molecule has 1 fully saturated rings. The first-order chi connectivity index (χ1) is 15.9. The Hall–Kier alpha value is -3.88. The van der Waals surface area contributed by atoms with Crippen LogP contribution in [-0.4, -0.2) is 65.3 Å². The van der Waals surface area contributed by atoms with E-state index in [1.54, 1.807) is 36.4 Å². The second kappa shape index (κ2) is 9.32. The number of carbonyl (C=O) groups is 2. The van der Waals surface area contributed by atoms with Gasteiger partial charge in [-0.2, -0.15) is 0 Å². The molecule has 0 unspecified atom stereocenters. The molecule has 0 aliphatic carbocycles. The normalized spacial score (nSPS) is 13.9. The number of aromatic carboxylic acids is 1. The summed E-state index contributed by atoms with van der Waals surface area (Å²) >= 11 is 0. The number of amides is 2. The van der Waals surface area contributed by atoms with Crippen molar-refractivity contribution in [2.75, 3.05) is 43.5 Å². The third kappa shape index (κ3) is 4.52. The summed E-state index contributed by atoms with van der Waals surface area (Å²) in [7, 11) is 1.65. The lowest BCUT2D eigenvalue weighted by Gasteiger charge is -2.35. The minimum absolute atomic E-state index is 0.0608. The lowest BCUT2D eigenvalue weighted by Crippen LogP contribution is -2.50. The maximum absolute atomic E-state index is 12.7. The van der Waals surface area contributed by atoms with E-state index < -0.39 is 5.97 Å². The van der Waals surface area contributed by atoms with E-state index in [1.807, 2.05) is 12.1 Å². The monoisotopic (exact) mass is 449 g/mol. The summed E-state index contributed by atoms with van der Waals surface area (Å²) < 4.78 is 5.67. The first-order valence-electron chi connectivity index (χ1n) is 10.9. The molecule has 1 saturated heterocycles. The summed E-state index contributed by atoms with van der Waals surface area (Å²) in [5.74, 6) is 0.690. The van der Waals surface area contributed by atoms with Crippen LogP contribution in [0.1, 0.15) is 35.7 Å². The van der Waals surface area contributed by atoms with Gasteiger partial charge in [-0.1, -0.05) is 32.0 Å². The van der Waals surface area contributed by atoms with Crippen LogP contribution in [0.25, 0.3) is 11.0 Å². The molecule has 1 aliphatic heterocycles. The number of piperazine rings is 1. The Morgan fingerprint density at radius 2 is 1.82 bits per heavy atom. The zero-order valence-corrected chi connectivity index (χ0v) is 18.9. The van der Waals surface area contributed by atoms with Crippen LogP contribution in [0.4, 0.5) is 16.3 Å².